The van der Waals surface area contributed by atoms with Crippen LogP contribution in [0, 0.1) is 6.92 Å². The van der Waals surface area contributed by atoms with Crippen LogP contribution in [0.5, 0.6) is 17.2 Å². The topological polar surface area (TPSA) is 84.2 Å². The first-order valence-electron chi connectivity index (χ1n) is 8.54. The lowest BCUT2D eigenvalue weighted by Gasteiger charge is -2.10. The molecule has 0 bridgehead atoms. The molecule has 146 valence electrons. The zero-order chi connectivity index (χ0) is 20.1. The first-order chi connectivity index (χ1) is 13.5. The Morgan fingerprint density at radius 2 is 1.79 bits per heavy atom. The van der Waals surface area contributed by atoms with E-state index in [0.29, 0.717) is 22.8 Å². The van der Waals surface area contributed by atoms with Gasteiger partial charge in [-0.2, -0.15) is 0 Å². The lowest BCUT2D eigenvalue weighted by atomic mass is 10.1. The van der Waals surface area contributed by atoms with E-state index in [9.17, 15) is 9.59 Å². The van der Waals surface area contributed by atoms with Crippen LogP contribution in [0.15, 0.2) is 51.7 Å². The normalized spacial score (nSPS) is 10.5. The monoisotopic (exact) mass is 384 g/mol. The van der Waals surface area contributed by atoms with Gasteiger partial charge < -0.3 is 23.4 Å². The van der Waals surface area contributed by atoms with E-state index in [2.05, 4.69) is 0 Å². The predicted octanol–water partition coefficient (Wildman–Crippen LogP) is 3.24. The number of hydrogen-bond donors (Lipinski definition) is 0. The molecule has 0 aliphatic heterocycles. The fourth-order valence-corrected chi connectivity index (χ4v) is 2.71. The second-order valence-corrected chi connectivity index (χ2v) is 6.05. The molecule has 0 atom stereocenters. The lowest BCUT2D eigenvalue weighted by molar-refractivity contribution is -0.147. The zero-order valence-corrected chi connectivity index (χ0v) is 15.8. The molecular formula is C21H20O7. The third-order valence-corrected chi connectivity index (χ3v) is 4.13. The van der Waals surface area contributed by atoms with Gasteiger partial charge in [-0.05, 0) is 42.3 Å². The van der Waals surface area contributed by atoms with Crippen LogP contribution in [0.3, 0.4) is 0 Å². The minimum absolute atomic E-state index is 0.0777. The molecule has 7 nitrogen and oxygen atoms in total. The fourth-order valence-electron chi connectivity index (χ4n) is 2.71. The van der Waals surface area contributed by atoms with Gasteiger partial charge in [-0.15, -0.1) is 0 Å². The van der Waals surface area contributed by atoms with Gasteiger partial charge in [0.2, 0.25) is 0 Å². The van der Waals surface area contributed by atoms with Crippen molar-refractivity contribution in [2.45, 2.75) is 13.5 Å². The molecule has 0 radical (unpaired) electrons. The maximum absolute atomic E-state index is 12.0. The predicted molar refractivity (Wildman–Crippen MR) is 102 cm³/mol. The molecule has 3 aromatic rings. The summed E-state index contributed by atoms with van der Waals surface area (Å²) in [6.45, 7) is 1.63. The van der Waals surface area contributed by atoms with Gasteiger partial charge in [0.25, 0.3) is 0 Å². The third kappa shape index (κ3) is 4.43. The Bertz CT molecular complexity index is 1050. The van der Waals surface area contributed by atoms with Crippen LogP contribution in [0.25, 0.3) is 11.0 Å². The summed E-state index contributed by atoms with van der Waals surface area (Å²) >= 11 is 0. The molecule has 7 heteroatoms. The minimum Gasteiger partial charge on any atom is -0.493 e. The van der Waals surface area contributed by atoms with Gasteiger partial charge in [0.1, 0.15) is 17.9 Å². The van der Waals surface area contributed by atoms with E-state index in [1.165, 1.54) is 13.2 Å². The molecule has 0 unspecified atom stereocenters. The van der Waals surface area contributed by atoms with E-state index in [-0.39, 0.29) is 13.2 Å². The molecule has 3 rings (SSSR count). The third-order valence-electron chi connectivity index (χ3n) is 4.13. The Hall–Kier alpha value is -3.48. The van der Waals surface area contributed by atoms with Crippen LogP contribution in [-0.2, 0) is 16.1 Å². The average molecular weight is 384 g/mol. The lowest BCUT2D eigenvalue weighted by Crippen LogP contribution is -2.14. The SMILES string of the molecule is COc1ccc(COC(=O)COc2ccc3c(C)cc(=O)oc3c2)cc1OC. The van der Waals surface area contributed by atoms with Crippen LogP contribution in [0.2, 0.25) is 0 Å². The summed E-state index contributed by atoms with van der Waals surface area (Å²) in [7, 11) is 3.09. The van der Waals surface area contributed by atoms with Crippen molar-refractivity contribution in [1.29, 1.82) is 0 Å². The molecule has 0 N–H and O–H groups in total. The van der Waals surface area contributed by atoms with E-state index in [0.717, 1.165) is 16.5 Å². The average Bonchev–Trinajstić information content (AvgIpc) is 2.69. The van der Waals surface area contributed by atoms with Crippen molar-refractivity contribution in [2.24, 2.45) is 0 Å². The Labute approximate surface area is 161 Å². The summed E-state index contributed by atoms with van der Waals surface area (Å²) < 4.78 is 26.2. The van der Waals surface area contributed by atoms with Gasteiger partial charge >= 0.3 is 11.6 Å². The van der Waals surface area contributed by atoms with Crippen LogP contribution in [0.1, 0.15) is 11.1 Å². The molecule has 0 fully saturated rings. The molecule has 0 saturated carbocycles. The molecule has 0 spiro atoms. The number of hydrogen-bond acceptors (Lipinski definition) is 7. The second-order valence-electron chi connectivity index (χ2n) is 6.05. The van der Waals surface area contributed by atoms with Crippen molar-refractivity contribution < 1.29 is 28.2 Å². The largest absolute Gasteiger partial charge is 0.493 e. The smallest absolute Gasteiger partial charge is 0.344 e. The fraction of sp³-hybridized carbons (Fsp3) is 0.238. The summed E-state index contributed by atoms with van der Waals surface area (Å²) in [5.41, 5.74) is 1.54. The van der Waals surface area contributed by atoms with Crippen LogP contribution < -0.4 is 19.8 Å². The van der Waals surface area contributed by atoms with Crippen molar-refractivity contribution in [3.8, 4) is 17.2 Å². The maximum atomic E-state index is 12.0. The van der Waals surface area contributed by atoms with Crippen molar-refractivity contribution >= 4 is 16.9 Å². The number of aryl methyl sites for hydroxylation is 1. The highest BCUT2D eigenvalue weighted by atomic mass is 16.6. The van der Waals surface area contributed by atoms with Crippen LogP contribution >= 0.6 is 0 Å². The number of methoxy groups -OCH3 is 2. The first kappa shape index (κ1) is 19.3. The van der Waals surface area contributed by atoms with Gasteiger partial charge in [-0.25, -0.2) is 9.59 Å². The van der Waals surface area contributed by atoms with E-state index < -0.39 is 11.6 Å². The Morgan fingerprint density at radius 1 is 1.00 bits per heavy atom. The van der Waals surface area contributed by atoms with E-state index in [4.69, 9.17) is 23.4 Å². The number of carbonyl (C=O) groups is 1. The van der Waals surface area contributed by atoms with E-state index >= 15 is 0 Å². The molecular weight excluding hydrogens is 364 g/mol. The first-order valence-corrected chi connectivity index (χ1v) is 8.54. The Balaban J connectivity index is 1.58. The summed E-state index contributed by atoms with van der Waals surface area (Å²) in [6.07, 6.45) is 0. The maximum Gasteiger partial charge on any atom is 0.344 e. The van der Waals surface area contributed by atoms with Gasteiger partial charge in [0.15, 0.2) is 18.1 Å². The Morgan fingerprint density at radius 3 is 2.54 bits per heavy atom. The van der Waals surface area contributed by atoms with Gasteiger partial charge in [-0.3, -0.25) is 0 Å². The van der Waals surface area contributed by atoms with Gasteiger partial charge in [0.05, 0.1) is 14.2 Å². The molecule has 2 aromatic carbocycles. The number of ether oxygens (including phenoxy) is 4. The summed E-state index contributed by atoms with van der Waals surface area (Å²) in [5.74, 6) is 1.03. The summed E-state index contributed by atoms with van der Waals surface area (Å²) in [4.78, 5) is 23.5. The minimum atomic E-state index is -0.527. The molecule has 0 amide bonds. The zero-order valence-electron chi connectivity index (χ0n) is 15.8. The number of fused-ring (bicyclic) bond motifs is 1. The van der Waals surface area contributed by atoms with E-state index in [1.54, 1.807) is 43.5 Å². The number of rotatable bonds is 7. The number of carbonyl (C=O) groups excluding carboxylic acids is 1. The molecule has 0 aliphatic carbocycles. The Kier molecular flexibility index (Phi) is 5.84. The van der Waals surface area contributed by atoms with E-state index in [1.807, 2.05) is 6.92 Å². The molecule has 28 heavy (non-hydrogen) atoms. The molecule has 0 aliphatic rings. The highest BCUT2D eigenvalue weighted by Gasteiger charge is 2.09. The quantitative estimate of drug-likeness (QED) is 0.457. The molecule has 0 saturated heterocycles. The summed E-state index contributed by atoms with van der Waals surface area (Å²) in [5, 5.41) is 0.808. The van der Waals surface area contributed by atoms with Gasteiger partial charge in [0, 0.05) is 17.5 Å². The van der Waals surface area contributed by atoms with Crippen molar-refractivity contribution in [1.82, 2.24) is 0 Å². The number of benzene rings is 2. The van der Waals surface area contributed by atoms with Crippen molar-refractivity contribution in [3.63, 3.8) is 0 Å². The van der Waals surface area contributed by atoms with Gasteiger partial charge in [-0.1, -0.05) is 6.07 Å². The molecule has 1 aromatic heterocycles. The number of esters is 1. The van der Waals surface area contributed by atoms with Crippen LogP contribution in [0.4, 0.5) is 0 Å². The van der Waals surface area contributed by atoms with Crippen LogP contribution in [-0.4, -0.2) is 26.8 Å². The highest BCUT2D eigenvalue weighted by molar-refractivity contribution is 5.81. The standard InChI is InChI=1S/C21H20O7/c1-13-8-20(22)28-18-10-15(5-6-16(13)18)26-12-21(23)27-11-14-4-7-17(24-2)19(9-14)25-3/h4-10H,11-12H2,1-3H3. The summed E-state index contributed by atoms with van der Waals surface area (Å²) in [6, 6.07) is 11.7. The van der Waals surface area contributed by atoms with Crippen molar-refractivity contribution in [2.75, 3.05) is 20.8 Å². The molecule has 1 heterocycles. The van der Waals surface area contributed by atoms with Crippen molar-refractivity contribution in [3.05, 3.63) is 64.0 Å². The highest BCUT2D eigenvalue weighted by Crippen LogP contribution is 2.27. The second kappa shape index (κ2) is 8.47.